The lowest BCUT2D eigenvalue weighted by molar-refractivity contribution is -0.138. The Bertz CT molecular complexity index is 155. The van der Waals surface area contributed by atoms with Gasteiger partial charge in [-0.1, -0.05) is 38.4 Å². The molecule has 0 saturated heterocycles. The summed E-state index contributed by atoms with van der Waals surface area (Å²) >= 11 is 6.48. The Morgan fingerprint density at radius 2 is 2.18 bits per heavy atom. The number of hydrogen-bond donors (Lipinski definition) is 0. The van der Waals surface area contributed by atoms with E-state index in [1.54, 1.807) is 6.92 Å². The van der Waals surface area contributed by atoms with Crippen molar-refractivity contribution in [3.05, 3.63) is 12.2 Å². The van der Waals surface area contributed by atoms with Crippen LogP contribution in [0.1, 0.15) is 13.3 Å². The van der Waals surface area contributed by atoms with Crippen LogP contribution in [0.3, 0.4) is 0 Å². The van der Waals surface area contributed by atoms with E-state index >= 15 is 0 Å². The van der Waals surface area contributed by atoms with Gasteiger partial charge >= 0.3 is 5.97 Å². The summed E-state index contributed by atoms with van der Waals surface area (Å²) < 4.78 is 4.81. The van der Waals surface area contributed by atoms with Gasteiger partial charge in [-0.05, 0) is 6.92 Å². The normalized spacial score (nSPS) is 9.82. The second-order valence-electron chi connectivity index (χ2n) is 1.92. The van der Waals surface area contributed by atoms with Gasteiger partial charge in [0.15, 0.2) is 0 Å². The highest BCUT2D eigenvalue weighted by Crippen LogP contribution is 2.17. The maximum atomic E-state index is 10.9. The molecule has 0 unspecified atom stereocenters. The Labute approximate surface area is 83.2 Å². The fourth-order valence-corrected chi connectivity index (χ4v) is 1.28. The molecule has 0 atom stereocenters. The fourth-order valence-electron chi connectivity index (χ4n) is 0.503. The quantitative estimate of drug-likeness (QED) is 0.451. The van der Waals surface area contributed by atoms with Crippen molar-refractivity contribution in [2.45, 2.75) is 17.1 Å². The lowest BCUT2D eigenvalue weighted by atomic mass is 10.2. The van der Waals surface area contributed by atoms with Crippen LogP contribution in [0.15, 0.2) is 12.2 Å². The van der Waals surface area contributed by atoms with Gasteiger partial charge in [0.1, 0.15) is 0 Å². The van der Waals surface area contributed by atoms with E-state index in [9.17, 15) is 4.79 Å². The minimum absolute atomic E-state index is 0.0897. The number of carbonyl (C=O) groups excluding carboxylic acids is 1. The van der Waals surface area contributed by atoms with Gasteiger partial charge in [0, 0.05) is 12.0 Å². The molecular formula is C7H10Br2O2. The topological polar surface area (TPSA) is 26.3 Å². The summed E-state index contributed by atoms with van der Waals surface area (Å²) in [4.78, 5) is 10.9. The minimum Gasteiger partial charge on any atom is -0.463 e. The van der Waals surface area contributed by atoms with Gasteiger partial charge in [-0.3, -0.25) is 0 Å². The molecule has 0 aromatic heterocycles. The van der Waals surface area contributed by atoms with E-state index in [0.717, 1.165) is 0 Å². The van der Waals surface area contributed by atoms with Crippen molar-refractivity contribution in [3.63, 3.8) is 0 Å². The van der Waals surface area contributed by atoms with E-state index < -0.39 is 0 Å². The smallest absolute Gasteiger partial charge is 0.333 e. The average molecular weight is 286 g/mol. The van der Waals surface area contributed by atoms with E-state index in [1.807, 2.05) is 0 Å². The lowest BCUT2D eigenvalue weighted by Crippen LogP contribution is -2.08. The van der Waals surface area contributed by atoms with Crippen LogP contribution in [0.25, 0.3) is 0 Å². The van der Waals surface area contributed by atoms with Gasteiger partial charge in [-0.2, -0.15) is 0 Å². The molecule has 11 heavy (non-hydrogen) atoms. The van der Waals surface area contributed by atoms with Gasteiger partial charge in [-0.15, -0.1) is 0 Å². The second-order valence-corrected chi connectivity index (χ2v) is 5.36. The maximum Gasteiger partial charge on any atom is 0.333 e. The van der Waals surface area contributed by atoms with Crippen LogP contribution in [0, 0.1) is 0 Å². The van der Waals surface area contributed by atoms with Crippen molar-refractivity contribution in [3.8, 4) is 0 Å². The standard InChI is InChI=1S/C7H10Br2O2/c1-3-11-7(10)5(2)4-6(8)9/h6H,2-4H2,1H3. The highest BCUT2D eigenvalue weighted by Gasteiger charge is 2.10. The summed E-state index contributed by atoms with van der Waals surface area (Å²) in [6.07, 6.45) is 0.554. The SMILES string of the molecule is C=C(CC(Br)Br)C(=O)OCC. The van der Waals surface area contributed by atoms with Gasteiger partial charge in [0.05, 0.1) is 10.3 Å². The van der Waals surface area contributed by atoms with Crippen LogP contribution in [-0.2, 0) is 9.53 Å². The van der Waals surface area contributed by atoms with Crippen molar-refractivity contribution >= 4 is 37.8 Å². The zero-order chi connectivity index (χ0) is 8.85. The third-order valence-electron chi connectivity index (χ3n) is 0.965. The molecule has 4 heteroatoms. The Morgan fingerprint density at radius 1 is 1.64 bits per heavy atom. The first kappa shape index (κ1) is 11.2. The molecule has 0 aromatic carbocycles. The number of halogens is 2. The molecule has 0 N–H and O–H groups in total. The molecule has 0 fully saturated rings. The van der Waals surface area contributed by atoms with Gasteiger partial charge in [-0.25, -0.2) is 4.79 Å². The molecule has 0 amide bonds. The number of carbonyl (C=O) groups is 1. The van der Waals surface area contributed by atoms with Crippen LogP contribution in [0.5, 0.6) is 0 Å². The van der Waals surface area contributed by atoms with Crippen molar-refractivity contribution < 1.29 is 9.53 Å². The summed E-state index contributed by atoms with van der Waals surface area (Å²) in [5.41, 5.74) is 0.477. The van der Waals surface area contributed by atoms with E-state index in [1.165, 1.54) is 0 Å². The predicted octanol–water partition coefficient (Wildman–Crippen LogP) is 2.61. The molecular weight excluding hydrogens is 276 g/mol. The first-order valence-electron chi connectivity index (χ1n) is 3.21. The van der Waals surface area contributed by atoms with Crippen molar-refractivity contribution in [2.24, 2.45) is 0 Å². The van der Waals surface area contributed by atoms with Gasteiger partial charge in [0.2, 0.25) is 0 Å². The molecule has 0 radical (unpaired) electrons. The molecule has 0 heterocycles. The summed E-state index contributed by atoms with van der Waals surface area (Å²) in [6.45, 7) is 5.74. The largest absolute Gasteiger partial charge is 0.463 e. The van der Waals surface area contributed by atoms with E-state index in [-0.39, 0.29) is 9.71 Å². The van der Waals surface area contributed by atoms with Crippen molar-refractivity contribution in [1.82, 2.24) is 0 Å². The maximum absolute atomic E-state index is 10.9. The number of ether oxygens (including phenoxy) is 1. The van der Waals surface area contributed by atoms with Crippen LogP contribution >= 0.6 is 31.9 Å². The number of rotatable bonds is 4. The molecule has 0 aliphatic heterocycles. The molecule has 0 spiro atoms. The first-order valence-corrected chi connectivity index (χ1v) is 5.04. The number of hydrogen-bond acceptors (Lipinski definition) is 2. The predicted molar refractivity (Wildman–Crippen MR) is 52.0 cm³/mol. The molecule has 0 aliphatic carbocycles. The Hall–Kier alpha value is 0.170. The Balaban J connectivity index is 3.74. The highest BCUT2D eigenvalue weighted by atomic mass is 79.9. The highest BCUT2D eigenvalue weighted by molar-refractivity contribution is 9.24. The molecule has 0 rings (SSSR count). The molecule has 0 bridgehead atoms. The first-order chi connectivity index (χ1) is 5.07. The Kier molecular flexibility index (Phi) is 5.86. The average Bonchev–Trinajstić information content (AvgIpc) is 1.86. The fraction of sp³-hybridized carbons (Fsp3) is 0.571. The van der Waals surface area contributed by atoms with E-state index in [0.29, 0.717) is 18.6 Å². The third-order valence-corrected chi connectivity index (χ3v) is 1.61. The Morgan fingerprint density at radius 3 is 2.55 bits per heavy atom. The molecule has 64 valence electrons. The van der Waals surface area contributed by atoms with Crippen LogP contribution in [-0.4, -0.2) is 16.3 Å². The van der Waals surface area contributed by atoms with E-state index in [4.69, 9.17) is 4.74 Å². The molecule has 0 aliphatic rings. The van der Waals surface area contributed by atoms with Crippen LogP contribution in [0.2, 0.25) is 0 Å². The second kappa shape index (κ2) is 5.77. The molecule has 0 saturated carbocycles. The zero-order valence-corrected chi connectivity index (χ0v) is 9.44. The number of alkyl halides is 2. The monoisotopic (exact) mass is 284 g/mol. The number of esters is 1. The van der Waals surface area contributed by atoms with Crippen LogP contribution in [0.4, 0.5) is 0 Å². The van der Waals surface area contributed by atoms with Gasteiger partial charge in [0.25, 0.3) is 0 Å². The molecule has 0 aromatic rings. The van der Waals surface area contributed by atoms with Crippen LogP contribution < -0.4 is 0 Å². The summed E-state index contributed by atoms with van der Waals surface area (Å²) in [5, 5.41) is 0. The van der Waals surface area contributed by atoms with E-state index in [2.05, 4.69) is 38.4 Å². The molecule has 2 nitrogen and oxygen atoms in total. The summed E-state index contributed by atoms with van der Waals surface area (Å²) in [5.74, 6) is -0.323. The van der Waals surface area contributed by atoms with Gasteiger partial charge < -0.3 is 4.74 Å². The minimum atomic E-state index is -0.323. The lowest BCUT2D eigenvalue weighted by Gasteiger charge is -2.04. The van der Waals surface area contributed by atoms with Crippen molar-refractivity contribution in [1.29, 1.82) is 0 Å². The summed E-state index contributed by atoms with van der Waals surface area (Å²) in [7, 11) is 0. The van der Waals surface area contributed by atoms with Crippen molar-refractivity contribution in [2.75, 3.05) is 6.61 Å². The summed E-state index contributed by atoms with van der Waals surface area (Å²) in [6, 6.07) is 0. The third kappa shape index (κ3) is 5.44. The zero-order valence-electron chi connectivity index (χ0n) is 6.27.